The second-order valence-electron chi connectivity index (χ2n) is 10.7. The molecule has 176 valence electrons. The number of nitrogens with two attached hydrogens (primary N) is 1. The number of benzene rings is 1. The molecular formula is C24H29ClN4O4. The fraction of sp³-hybridized carbons (Fsp3) is 0.625. The Balaban J connectivity index is 1.19. The molecule has 4 saturated carbocycles. The molecule has 5 unspecified atom stereocenters. The van der Waals surface area contributed by atoms with E-state index in [-0.39, 0.29) is 41.7 Å². The highest BCUT2D eigenvalue weighted by atomic mass is 35.5. The Labute approximate surface area is 196 Å². The standard InChI is InChI=1S/C24H29ClN4O4/c1-27-18-4-2-3-17(25)19(18)29(22(27)31)16-5-6-28(12-16)23(32)33-20-14-7-13-8-15(20)11-24(9-13,10-14)21(26)30/h2-4,13-16,20H,5-12H2,1H3,(H2,26,30)/t13?,14-,15?,16?,20?,24?/m0/s1. The minimum absolute atomic E-state index is 0.129. The third kappa shape index (κ3) is 3.06. The van der Waals surface area contributed by atoms with Gasteiger partial charge in [0.1, 0.15) is 6.10 Å². The average molecular weight is 473 g/mol. The highest BCUT2D eigenvalue weighted by Crippen LogP contribution is 2.60. The number of hydrogen-bond donors (Lipinski definition) is 1. The highest BCUT2D eigenvalue weighted by molar-refractivity contribution is 6.35. The number of carbonyl (C=O) groups excluding carboxylic acids is 2. The Morgan fingerprint density at radius 1 is 1.18 bits per heavy atom. The summed E-state index contributed by atoms with van der Waals surface area (Å²) >= 11 is 6.45. The number of fused-ring (bicyclic) bond motifs is 1. The van der Waals surface area contributed by atoms with Gasteiger partial charge in [-0.25, -0.2) is 9.59 Å². The van der Waals surface area contributed by atoms with Crippen molar-refractivity contribution in [3.05, 3.63) is 33.7 Å². The van der Waals surface area contributed by atoms with Crippen LogP contribution in [0.25, 0.3) is 11.0 Å². The lowest BCUT2D eigenvalue weighted by molar-refractivity contribution is -0.161. The van der Waals surface area contributed by atoms with Crippen LogP contribution in [0.3, 0.4) is 0 Å². The SMILES string of the molecule is Cn1c(=O)n(C2CCN(C(=O)OC3C4CC5C[C@H]3CC(C(N)=O)(C5)C4)C2)c2c(Cl)cccc21. The predicted octanol–water partition coefficient (Wildman–Crippen LogP) is 3.06. The van der Waals surface area contributed by atoms with E-state index >= 15 is 0 Å². The molecule has 2 heterocycles. The Kier molecular flexibility index (Phi) is 4.64. The molecule has 5 fully saturated rings. The number of primary amides is 1. The maximum atomic E-state index is 13.1. The number of halogens is 1. The van der Waals surface area contributed by atoms with Crippen LogP contribution in [0.2, 0.25) is 5.02 Å². The molecule has 7 rings (SSSR count). The quantitative estimate of drug-likeness (QED) is 0.742. The van der Waals surface area contributed by atoms with Crippen LogP contribution in [-0.4, -0.2) is 45.2 Å². The van der Waals surface area contributed by atoms with E-state index in [2.05, 4.69) is 0 Å². The zero-order valence-electron chi connectivity index (χ0n) is 18.7. The van der Waals surface area contributed by atoms with E-state index in [9.17, 15) is 14.4 Å². The molecule has 6 atom stereocenters. The molecule has 1 aromatic heterocycles. The maximum absolute atomic E-state index is 13.1. The fourth-order valence-corrected chi connectivity index (χ4v) is 7.75. The van der Waals surface area contributed by atoms with Gasteiger partial charge in [0.05, 0.1) is 27.5 Å². The topological polar surface area (TPSA) is 99.6 Å². The summed E-state index contributed by atoms with van der Waals surface area (Å²) in [6.07, 6.45) is 4.60. The summed E-state index contributed by atoms with van der Waals surface area (Å²) in [5, 5.41) is 0.531. The van der Waals surface area contributed by atoms with Crippen molar-refractivity contribution in [3.63, 3.8) is 0 Å². The van der Waals surface area contributed by atoms with E-state index in [0.29, 0.717) is 36.0 Å². The summed E-state index contributed by atoms with van der Waals surface area (Å²) < 4.78 is 9.41. The van der Waals surface area contributed by atoms with Gasteiger partial charge in [-0.3, -0.25) is 13.9 Å². The summed E-state index contributed by atoms with van der Waals surface area (Å²) in [5.74, 6) is 0.758. The van der Waals surface area contributed by atoms with Gasteiger partial charge in [0.2, 0.25) is 5.91 Å². The van der Waals surface area contributed by atoms with Crippen molar-refractivity contribution >= 4 is 34.6 Å². The summed E-state index contributed by atoms with van der Waals surface area (Å²) in [6.45, 7) is 0.950. The van der Waals surface area contributed by atoms with E-state index in [1.54, 1.807) is 27.1 Å². The summed E-state index contributed by atoms with van der Waals surface area (Å²) in [6, 6.07) is 5.35. The fourth-order valence-electron chi connectivity index (χ4n) is 7.49. The van der Waals surface area contributed by atoms with Crippen molar-refractivity contribution in [3.8, 4) is 0 Å². The zero-order valence-corrected chi connectivity index (χ0v) is 19.5. The molecule has 0 radical (unpaired) electrons. The third-order valence-electron chi connectivity index (χ3n) is 8.79. The van der Waals surface area contributed by atoms with Gasteiger partial charge in [-0.1, -0.05) is 17.7 Å². The van der Waals surface area contributed by atoms with Crippen molar-refractivity contribution in [2.45, 2.75) is 50.7 Å². The number of para-hydroxylation sites is 1. The van der Waals surface area contributed by atoms with Crippen LogP contribution in [0.15, 0.2) is 23.0 Å². The lowest BCUT2D eigenvalue weighted by atomic mass is 9.48. The lowest BCUT2D eigenvalue weighted by Crippen LogP contribution is -2.59. The zero-order chi connectivity index (χ0) is 23.1. The Morgan fingerprint density at radius 3 is 2.61 bits per heavy atom. The van der Waals surface area contributed by atoms with Crippen molar-refractivity contribution < 1.29 is 14.3 Å². The predicted molar refractivity (Wildman–Crippen MR) is 123 cm³/mol. The third-order valence-corrected chi connectivity index (χ3v) is 9.10. The number of likely N-dealkylation sites (tertiary alicyclic amines) is 1. The van der Waals surface area contributed by atoms with E-state index in [4.69, 9.17) is 22.1 Å². The monoisotopic (exact) mass is 472 g/mol. The van der Waals surface area contributed by atoms with Crippen LogP contribution in [0.4, 0.5) is 4.79 Å². The van der Waals surface area contributed by atoms with Crippen LogP contribution < -0.4 is 11.4 Å². The van der Waals surface area contributed by atoms with Gasteiger partial charge in [0, 0.05) is 20.1 Å². The summed E-state index contributed by atoms with van der Waals surface area (Å²) in [5.41, 5.74) is 6.75. The van der Waals surface area contributed by atoms with Gasteiger partial charge in [-0.05, 0) is 68.4 Å². The van der Waals surface area contributed by atoms with Crippen LogP contribution in [0.5, 0.6) is 0 Å². The molecule has 0 spiro atoms. The molecule has 2 N–H and O–H groups in total. The Bertz CT molecular complexity index is 1200. The number of ether oxygens (including phenoxy) is 1. The molecule has 5 aliphatic rings. The van der Waals surface area contributed by atoms with Gasteiger partial charge in [-0.2, -0.15) is 0 Å². The first-order valence-electron chi connectivity index (χ1n) is 11.9. The molecule has 9 heteroatoms. The van der Waals surface area contributed by atoms with Crippen LogP contribution >= 0.6 is 11.6 Å². The normalized spacial score (nSPS) is 34.8. The molecule has 1 aromatic carbocycles. The van der Waals surface area contributed by atoms with E-state index < -0.39 is 5.41 Å². The largest absolute Gasteiger partial charge is 0.446 e. The van der Waals surface area contributed by atoms with Crippen LogP contribution in [-0.2, 0) is 16.6 Å². The molecule has 1 saturated heterocycles. The first-order chi connectivity index (χ1) is 15.8. The number of hydrogen-bond acceptors (Lipinski definition) is 4. The van der Waals surface area contributed by atoms with Gasteiger partial charge in [-0.15, -0.1) is 0 Å². The molecule has 4 bridgehead atoms. The Morgan fingerprint density at radius 2 is 1.91 bits per heavy atom. The number of rotatable bonds is 3. The first-order valence-corrected chi connectivity index (χ1v) is 12.3. The Hall–Kier alpha value is -2.48. The molecule has 2 aromatic rings. The second-order valence-corrected chi connectivity index (χ2v) is 11.1. The van der Waals surface area contributed by atoms with Gasteiger partial charge in [0.15, 0.2) is 0 Å². The average Bonchev–Trinajstić information content (AvgIpc) is 3.35. The van der Waals surface area contributed by atoms with Gasteiger partial charge >= 0.3 is 11.8 Å². The van der Waals surface area contributed by atoms with Crippen molar-refractivity contribution in [1.29, 1.82) is 0 Å². The van der Waals surface area contributed by atoms with E-state index in [1.165, 1.54) is 0 Å². The molecular weight excluding hydrogens is 444 g/mol. The van der Waals surface area contributed by atoms with Crippen molar-refractivity contribution in [2.75, 3.05) is 13.1 Å². The number of aromatic nitrogens is 2. The maximum Gasteiger partial charge on any atom is 0.410 e. The van der Waals surface area contributed by atoms with Gasteiger partial charge in [0.25, 0.3) is 0 Å². The van der Waals surface area contributed by atoms with Crippen molar-refractivity contribution in [2.24, 2.45) is 36.0 Å². The number of imidazole rings is 1. The minimum atomic E-state index is -0.396. The molecule has 1 aliphatic heterocycles. The number of amides is 2. The lowest BCUT2D eigenvalue weighted by Gasteiger charge is -2.58. The molecule has 33 heavy (non-hydrogen) atoms. The number of aryl methyl sites for hydroxylation is 1. The number of carbonyl (C=O) groups is 2. The van der Waals surface area contributed by atoms with E-state index in [0.717, 1.165) is 37.6 Å². The summed E-state index contributed by atoms with van der Waals surface area (Å²) in [7, 11) is 1.74. The van der Waals surface area contributed by atoms with E-state index in [1.807, 2.05) is 12.1 Å². The number of nitrogens with zero attached hydrogens (tertiary/aromatic N) is 3. The second kappa shape index (κ2) is 7.26. The molecule has 8 nitrogen and oxygen atoms in total. The highest BCUT2D eigenvalue weighted by Gasteiger charge is 2.59. The minimum Gasteiger partial charge on any atom is -0.446 e. The first kappa shape index (κ1) is 21.1. The smallest absolute Gasteiger partial charge is 0.410 e. The molecule has 2 amide bonds. The van der Waals surface area contributed by atoms with Crippen LogP contribution in [0, 0.1) is 23.2 Å². The van der Waals surface area contributed by atoms with Crippen LogP contribution in [0.1, 0.15) is 44.6 Å². The molecule has 4 aliphatic carbocycles. The summed E-state index contributed by atoms with van der Waals surface area (Å²) in [4.78, 5) is 40.0. The van der Waals surface area contributed by atoms with Gasteiger partial charge < -0.3 is 15.4 Å². The van der Waals surface area contributed by atoms with Crippen molar-refractivity contribution in [1.82, 2.24) is 14.0 Å².